The molecule has 7 heteroatoms. The van der Waals surface area contributed by atoms with E-state index in [1.54, 1.807) is 19.1 Å². The number of hydrogen-bond acceptors (Lipinski definition) is 6. The van der Waals surface area contributed by atoms with Crippen LogP contribution in [0.5, 0.6) is 11.5 Å². The highest BCUT2D eigenvalue weighted by molar-refractivity contribution is 7.22. The predicted octanol–water partition coefficient (Wildman–Crippen LogP) is 4.63. The zero-order chi connectivity index (χ0) is 21.8. The van der Waals surface area contributed by atoms with E-state index in [4.69, 9.17) is 19.2 Å². The van der Waals surface area contributed by atoms with Gasteiger partial charge in [-0.3, -0.25) is 9.69 Å². The van der Waals surface area contributed by atoms with Crippen LogP contribution in [-0.4, -0.2) is 44.4 Å². The number of rotatable bonds is 8. The molecule has 0 aliphatic carbocycles. The Labute approximate surface area is 186 Å². The van der Waals surface area contributed by atoms with E-state index in [-0.39, 0.29) is 12.0 Å². The van der Waals surface area contributed by atoms with E-state index in [1.807, 2.05) is 24.3 Å². The smallest absolute Gasteiger partial charge is 0.233 e. The molecule has 31 heavy (non-hydrogen) atoms. The van der Waals surface area contributed by atoms with Crippen molar-refractivity contribution >= 4 is 32.6 Å². The van der Waals surface area contributed by atoms with Gasteiger partial charge in [0.2, 0.25) is 5.91 Å². The Kier molecular flexibility index (Phi) is 6.73. The topological polar surface area (TPSA) is 60.9 Å². The van der Waals surface area contributed by atoms with Crippen molar-refractivity contribution < 1.29 is 19.0 Å². The van der Waals surface area contributed by atoms with Gasteiger partial charge < -0.3 is 14.2 Å². The Balaban J connectivity index is 1.67. The van der Waals surface area contributed by atoms with Gasteiger partial charge in [-0.15, -0.1) is 0 Å². The molecule has 164 valence electrons. The first-order chi connectivity index (χ1) is 15.1. The van der Waals surface area contributed by atoms with Crippen LogP contribution in [0, 0.1) is 0 Å². The normalized spacial score (nSPS) is 15.9. The largest absolute Gasteiger partial charge is 0.495 e. The van der Waals surface area contributed by atoms with Crippen molar-refractivity contribution in [2.75, 3.05) is 32.3 Å². The number of aryl methyl sites for hydroxylation is 1. The summed E-state index contributed by atoms with van der Waals surface area (Å²) in [6, 6.07) is 11.9. The van der Waals surface area contributed by atoms with Crippen LogP contribution in [0.4, 0.5) is 5.13 Å². The molecule has 2 aromatic carbocycles. The molecule has 0 saturated carbocycles. The van der Waals surface area contributed by atoms with E-state index in [0.29, 0.717) is 29.4 Å². The number of methoxy groups -OCH3 is 2. The zero-order valence-corrected chi connectivity index (χ0v) is 19.0. The number of aromatic nitrogens is 1. The van der Waals surface area contributed by atoms with Gasteiger partial charge in [0.25, 0.3) is 0 Å². The zero-order valence-electron chi connectivity index (χ0n) is 18.2. The second kappa shape index (κ2) is 9.66. The minimum atomic E-state index is 0.0109. The van der Waals surface area contributed by atoms with E-state index >= 15 is 0 Å². The van der Waals surface area contributed by atoms with E-state index in [0.717, 1.165) is 41.9 Å². The molecule has 0 N–H and O–H groups in total. The van der Waals surface area contributed by atoms with Crippen LogP contribution in [0.2, 0.25) is 0 Å². The second-order valence-corrected chi connectivity index (χ2v) is 8.61. The van der Waals surface area contributed by atoms with Gasteiger partial charge in [-0.05, 0) is 42.5 Å². The number of nitrogens with zero attached hydrogens (tertiary/aromatic N) is 2. The molecule has 0 radical (unpaired) electrons. The molecular weight excluding hydrogens is 412 g/mol. The van der Waals surface area contributed by atoms with Crippen molar-refractivity contribution in [2.45, 2.75) is 38.7 Å². The van der Waals surface area contributed by atoms with Gasteiger partial charge in [0.15, 0.2) is 5.13 Å². The van der Waals surface area contributed by atoms with Crippen molar-refractivity contribution in [3.8, 4) is 11.5 Å². The Morgan fingerprint density at radius 2 is 1.84 bits per heavy atom. The molecule has 2 heterocycles. The molecule has 1 saturated heterocycles. The van der Waals surface area contributed by atoms with E-state index < -0.39 is 0 Å². The summed E-state index contributed by atoms with van der Waals surface area (Å²) in [6.45, 7) is 3.36. The minimum Gasteiger partial charge on any atom is -0.495 e. The highest BCUT2D eigenvalue weighted by Crippen LogP contribution is 2.40. The van der Waals surface area contributed by atoms with Crippen LogP contribution in [0.3, 0.4) is 0 Å². The summed E-state index contributed by atoms with van der Waals surface area (Å²) < 4.78 is 17.7. The van der Waals surface area contributed by atoms with Crippen molar-refractivity contribution in [3.05, 3.63) is 47.5 Å². The van der Waals surface area contributed by atoms with Crippen molar-refractivity contribution in [2.24, 2.45) is 0 Å². The number of benzene rings is 2. The van der Waals surface area contributed by atoms with Gasteiger partial charge in [-0.2, -0.15) is 0 Å². The first-order valence-electron chi connectivity index (χ1n) is 10.6. The third-order valence-corrected chi connectivity index (χ3v) is 6.72. The molecule has 4 rings (SSSR count). The monoisotopic (exact) mass is 440 g/mol. The van der Waals surface area contributed by atoms with Gasteiger partial charge in [0.05, 0.1) is 33.3 Å². The highest BCUT2D eigenvalue weighted by atomic mass is 32.1. The molecule has 1 amide bonds. The van der Waals surface area contributed by atoms with Crippen LogP contribution < -0.4 is 14.4 Å². The number of carbonyl (C=O) groups is 1. The molecular formula is C24H28N2O4S. The third kappa shape index (κ3) is 4.67. The first-order valence-corrected chi connectivity index (χ1v) is 11.5. The summed E-state index contributed by atoms with van der Waals surface area (Å²) in [5, 5.41) is 0.642. The molecule has 0 bridgehead atoms. The highest BCUT2D eigenvalue weighted by Gasteiger charge is 2.27. The van der Waals surface area contributed by atoms with Crippen LogP contribution in [0.15, 0.2) is 36.4 Å². The van der Waals surface area contributed by atoms with E-state index in [1.165, 1.54) is 16.9 Å². The van der Waals surface area contributed by atoms with Crippen molar-refractivity contribution in [3.63, 3.8) is 0 Å². The number of ether oxygens (including phenoxy) is 3. The average Bonchev–Trinajstić information content (AvgIpc) is 3.47. The maximum absolute atomic E-state index is 13.4. The standard InChI is InChI=1S/C24H28N2O4S/c1-4-16-7-9-17(10-8-16)14-21(27)26(15-18-6-5-13-30-18)24-25-22-19(28-2)11-12-20(29-3)23(22)31-24/h7-12,18H,4-6,13-15H2,1-3H3. The number of hydrogen-bond donors (Lipinski definition) is 0. The summed E-state index contributed by atoms with van der Waals surface area (Å²) in [5.41, 5.74) is 2.97. The lowest BCUT2D eigenvalue weighted by molar-refractivity contribution is -0.118. The number of thiazole rings is 1. The number of anilines is 1. The molecule has 6 nitrogen and oxygen atoms in total. The molecule has 1 atom stereocenters. The van der Waals surface area contributed by atoms with Crippen LogP contribution in [-0.2, 0) is 22.4 Å². The van der Waals surface area contributed by atoms with Crippen LogP contribution in [0.25, 0.3) is 10.2 Å². The SMILES string of the molecule is CCc1ccc(CC(=O)N(CC2CCCO2)c2nc3c(OC)ccc(OC)c3s2)cc1. The van der Waals surface area contributed by atoms with Gasteiger partial charge in [0, 0.05) is 6.61 Å². The molecule has 3 aromatic rings. The number of amides is 1. The number of fused-ring (bicyclic) bond motifs is 1. The Hall–Kier alpha value is -2.64. The predicted molar refractivity (Wildman–Crippen MR) is 124 cm³/mol. The van der Waals surface area contributed by atoms with Crippen molar-refractivity contribution in [1.82, 2.24) is 4.98 Å². The summed E-state index contributed by atoms with van der Waals surface area (Å²) >= 11 is 1.45. The first kappa shape index (κ1) is 21.6. The van der Waals surface area contributed by atoms with Gasteiger partial charge in [-0.25, -0.2) is 4.98 Å². The summed E-state index contributed by atoms with van der Waals surface area (Å²) in [5.74, 6) is 1.40. The van der Waals surface area contributed by atoms with E-state index in [2.05, 4.69) is 19.1 Å². The van der Waals surface area contributed by atoms with Crippen LogP contribution >= 0.6 is 11.3 Å². The van der Waals surface area contributed by atoms with E-state index in [9.17, 15) is 4.79 Å². The maximum Gasteiger partial charge on any atom is 0.233 e. The summed E-state index contributed by atoms with van der Waals surface area (Å²) in [4.78, 5) is 20.0. The fourth-order valence-corrected chi connectivity index (χ4v) is 4.93. The lowest BCUT2D eigenvalue weighted by Gasteiger charge is -2.23. The third-order valence-electron chi connectivity index (χ3n) is 5.63. The molecule has 1 aromatic heterocycles. The molecule has 0 spiro atoms. The van der Waals surface area contributed by atoms with Crippen LogP contribution in [0.1, 0.15) is 30.9 Å². The van der Waals surface area contributed by atoms with Gasteiger partial charge in [-0.1, -0.05) is 42.5 Å². The molecule has 1 fully saturated rings. The molecule has 1 aliphatic rings. The fourth-order valence-electron chi connectivity index (χ4n) is 3.83. The summed E-state index contributed by atoms with van der Waals surface area (Å²) in [7, 11) is 3.26. The van der Waals surface area contributed by atoms with Crippen molar-refractivity contribution in [1.29, 1.82) is 0 Å². The summed E-state index contributed by atoms with van der Waals surface area (Å²) in [6.07, 6.45) is 3.30. The minimum absolute atomic E-state index is 0.0109. The Morgan fingerprint density at radius 1 is 1.13 bits per heavy atom. The Bertz CT molecular complexity index is 1000. The lowest BCUT2D eigenvalue weighted by Crippen LogP contribution is -2.38. The number of carbonyl (C=O) groups excluding carboxylic acids is 1. The molecule has 1 aliphatic heterocycles. The van der Waals surface area contributed by atoms with Gasteiger partial charge in [0.1, 0.15) is 21.7 Å². The maximum atomic E-state index is 13.4. The average molecular weight is 441 g/mol. The molecule has 1 unspecified atom stereocenters. The quantitative estimate of drug-likeness (QED) is 0.511. The fraction of sp³-hybridized carbons (Fsp3) is 0.417. The Morgan fingerprint density at radius 3 is 2.48 bits per heavy atom. The second-order valence-electron chi connectivity index (χ2n) is 7.63. The lowest BCUT2D eigenvalue weighted by atomic mass is 10.1. The van der Waals surface area contributed by atoms with Gasteiger partial charge >= 0.3 is 0 Å².